The van der Waals surface area contributed by atoms with Crippen LogP contribution in [0.25, 0.3) is 0 Å². The number of amides is 2. The van der Waals surface area contributed by atoms with Crippen LogP contribution in [0.15, 0.2) is 41.8 Å². The number of nitrogens with zero attached hydrogens (tertiary/aromatic N) is 1. The molecular formula is C19H19ClN2O4S. The van der Waals surface area contributed by atoms with Crippen LogP contribution in [0.4, 0.5) is 5.69 Å². The quantitative estimate of drug-likeness (QED) is 0.747. The number of benzene rings is 1. The number of anilines is 1. The van der Waals surface area contributed by atoms with E-state index in [-0.39, 0.29) is 31.2 Å². The molecule has 0 spiro atoms. The fourth-order valence-electron chi connectivity index (χ4n) is 3.03. The lowest BCUT2D eigenvalue weighted by Gasteiger charge is -2.20. The molecule has 1 N–H and O–H groups in total. The van der Waals surface area contributed by atoms with Crippen molar-refractivity contribution in [1.82, 2.24) is 5.32 Å². The van der Waals surface area contributed by atoms with E-state index in [4.69, 9.17) is 16.3 Å². The Bertz CT molecular complexity index is 840. The zero-order valence-electron chi connectivity index (χ0n) is 14.7. The van der Waals surface area contributed by atoms with Gasteiger partial charge < -0.3 is 15.0 Å². The summed E-state index contributed by atoms with van der Waals surface area (Å²) < 4.78 is 4.73. The highest BCUT2D eigenvalue weighted by Gasteiger charge is 2.36. The van der Waals surface area contributed by atoms with E-state index in [0.717, 1.165) is 4.88 Å². The van der Waals surface area contributed by atoms with Gasteiger partial charge in [0.25, 0.3) is 0 Å². The van der Waals surface area contributed by atoms with Crippen LogP contribution in [0, 0.1) is 5.92 Å². The minimum absolute atomic E-state index is 0.0431. The van der Waals surface area contributed by atoms with Gasteiger partial charge >= 0.3 is 5.97 Å². The lowest BCUT2D eigenvalue weighted by molar-refractivity contribution is -0.141. The second-order valence-electron chi connectivity index (χ2n) is 6.24. The summed E-state index contributed by atoms with van der Waals surface area (Å²) in [7, 11) is 1.31. The summed E-state index contributed by atoms with van der Waals surface area (Å²) in [6.07, 6.45) is 0.162. The fraction of sp³-hybridized carbons (Fsp3) is 0.316. The third kappa shape index (κ3) is 4.67. The summed E-state index contributed by atoms with van der Waals surface area (Å²) in [6.45, 7) is 0.278. The molecule has 27 heavy (non-hydrogen) atoms. The van der Waals surface area contributed by atoms with Crippen molar-refractivity contribution in [3.8, 4) is 0 Å². The van der Waals surface area contributed by atoms with Crippen LogP contribution in [-0.2, 0) is 19.1 Å². The van der Waals surface area contributed by atoms with Crippen molar-refractivity contribution in [2.24, 2.45) is 5.92 Å². The first-order valence-corrected chi connectivity index (χ1v) is 9.70. The summed E-state index contributed by atoms with van der Waals surface area (Å²) in [5, 5.41) is 5.31. The molecule has 8 heteroatoms. The highest BCUT2D eigenvalue weighted by atomic mass is 35.5. The molecule has 1 aromatic heterocycles. The Morgan fingerprint density at radius 1 is 1.37 bits per heavy atom. The Morgan fingerprint density at radius 3 is 2.85 bits per heavy atom. The molecule has 2 aromatic rings. The second kappa shape index (κ2) is 8.54. The van der Waals surface area contributed by atoms with Gasteiger partial charge in [-0.15, -0.1) is 11.3 Å². The largest absolute Gasteiger partial charge is 0.469 e. The molecule has 1 aromatic carbocycles. The average Bonchev–Trinajstić information content (AvgIpc) is 3.30. The van der Waals surface area contributed by atoms with Crippen molar-refractivity contribution in [1.29, 1.82) is 0 Å². The fourth-order valence-corrected chi connectivity index (χ4v) is 3.99. The Labute approximate surface area is 166 Å². The standard InChI is InChI=1S/C19H19ClN2O4S/c1-26-18(24)10-15(16-6-3-7-27-16)21-19(25)12-8-17(23)22(11-12)14-5-2-4-13(20)9-14/h2-7,9,12,15H,8,10-11H2,1H3,(H,21,25)/t12-,15-/m0/s1. The molecule has 0 bridgehead atoms. The molecule has 6 nitrogen and oxygen atoms in total. The number of thiophene rings is 1. The molecule has 0 saturated carbocycles. The maximum Gasteiger partial charge on any atom is 0.307 e. The molecule has 142 valence electrons. The van der Waals surface area contributed by atoms with Crippen LogP contribution in [0.5, 0.6) is 0 Å². The minimum Gasteiger partial charge on any atom is -0.469 e. The zero-order valence-corrected chi connectivity index (χ0v) is 16.3. The van der Waals surface area contributed by atoms with E-state index in [9.17, 15) is 14.4 Å². The number of hydrogen-bond donors (Lipinski definition) is 1. The highest BCUT2D eigenvalue weighted by Crippen LogP contribution is 2.29. The topological polar surface area (TPSA) is 75.7 Å². The maximum absolute atomic E-state index is 12.7. The van der Waals surface area contributed by atoms with Crippen LogP contribution in [0.2, 0.25) is 5.02 Å². The van der Waals surface area contributed by atoms with Crippen LogP contribution in [-0.4, -0.2) is 31.4 Å². The van der Waals surface area contributed by atoms with E-state index < -0.39 is 17.9 Å². The molecule has 1 fully saturated rings. The minimum atomic E-state index is -0.489. The first-order valence-electron chi connectivity index (χ1n) is 8.44. The lowest BCUT2D eigenvalue weighted by Crippen LogP contribution is -2.36. The number of esters is 1. The summed E-state index contributed by atoms with van der Waals surface area (Å²) in [4.78, 5) is 39.2. The number of carbonyl (C=O) groups excluding carboxylic acids is 3. The smallest absolute Gasteiger partial charge is 0.307 e. The number of ether oxygens (including phenoxy) is 1. The van der Waals surface area contributed by atoms with Gasteiger partial charge in [-0.05, 0) is 29.6 Å². The van der Waals surface area contributed by atoms with Gasteiger partial charge in [0.15, 0.2) is 0 Å². The van der Waals surface area contributed by atoms with Crippen LogP contribution in [0.1, 0.15) is 23.8 Å². The van der Waals surface area contributed by atoms with Gasteiger partial charge in [-0.1, -0.05) is 23.7 Å². The number of methoxy groups -OCH3 is 1. The summed E-state index contributed by atoms with van der Waals surface area (Å²) in [6, 6.07) is 10.2. The van der Waals surface area contributed by atoms with E-state index in [1.54, 1.807) is 29.2 Å². The Morgan fingerprint density at radius 2 is 2.19 bits per heavy atom. The molecule has 1 aliphatic heterocycles. The molecule has 0 radical (unpaired) electrons. The van der Waals surface area contributed by atoms with E-state index >= 15 is 0 Å². The van der Waals surface area contributed by atoms with Gasteiger partial charge in [0.2, 0.25) is 11.8 Å². The second-order valence-corrected chi connectivity index (χ2v) is 7.66. The third-order valence-electron chi connectivity index (χ3n) is 4.42. The van der Waals surface area contributed by atoms with Gasteiger partial charge in [0.05, 0.1) is 25.5 Å². The van der Waals surface area contributed by atoms with E-state index in [0.29, 0.717) is 10.7 Å². The predicted octanol–water partition coefficient (Wildman–Crippen LogP) is 3.18. The van der Waals surface area contributed by atoms with Gasteiger partial charge in [0.1, 0.15) is 0 Å². The normalized spacial score (nSPS) is 17.6. The Hall–Kier alpha value is -2.38. The highest BCUT2D eigenvalue weighted by molar-refractivity contribution is 7.10. The Balaban J connectivity index is 1.69. The molecule has 3 rings (SSSR count). The molecule has 1 saturated heterocycles. The first-order chi connectivity index (χ1) is 13.0. The summed E-state index contributed by atoms with van der Waals surface area (Å²) in [5.74, 6) is -1.28. The van der Waals surface area contributed by atoms with Gasteiger partial charge in [0, 0.05) is 28.6 Å². The SMILES string of the molecule is COC(=O)C[C@H](NC(=O)[C@H]1CC(=O)N(c2cccc(Cl)c2)C1)c1cccs1. The number of halogens is 1. The van der Waals surface area contributed by atoms with Crippen molar-refractivity contribution >= 4 is 46.4 Å². The van der Waals surface area contributed by atoms with Crippen LogP contribution < -0.4 is 10.2 Å². The Kier molecular flexibility index (Phi) is 6.13. The van der Waals surface area contributed by atoms with Crippen molar-refractivity contribution in [3.05, 3.63) is 51.7 Å². The number of carbonyl (C=O) groups is 3. The van der Waals surface area contributed by atoms with E-state index in [1.165, 1.54) is 18.4 Å². The zero-order chi connectivity index (χ0) is 19.4. The predicted molar refractivity (Wildman–Crippen MR) is 104 cm³/mol. The van der Waals surface area contributed by atoms with Gasteiger partial charge in [-0.25, -0.2) is 0 Å². The third-order valence-corrected chi connectivity index (χ3v) is 5.64. The summed E-state index contributed by atoms with van der Waals surface area (Å²) in [5.41, 5.74) is 0.673. The van der Waals surface area contributed by atoms with Crippen molar-refractivity contribution < 1.29 is 19.1 Å². The molecule has 1 aliphatic rings. The molecule has 0 aliphatic carbocycles. The van der Waals surface area contributed by atoms with Crippen molar-refractivity contribution in [2.75, 3.05) is 18.6 Å². The number of rotatable bonds is 6. The summed E-state index contributed by atoms with van der Waals surface area (Å²) >= 11 is 7.45. The molecule has 2 atom stereocenters. The number of nitrogens with one attached hydrogen (secondary N) is 1. The monoisotopic (exact) mass is 406 g/mol. The van der Waals surface area contributed by atoms with Gasteiger partial charge in [-0.3, -0.25) is 14.4 Å². The molecule has 0 unspecified atom stereocenters. The van der Waals surface area contributed by atoms with E-state index in [1.807, 2.05) is 17.5 Å². The first kappa shape index (κ1) is 19.4. The molecule has 2 amide bonds. The van der Waals surface area contributed by atoms with Crippen LogP contribution in [0.3, 0.4) is 0 Å². The lowest BCUT2D eigenvalue weighted by atomic mass is 10.1. The molecular weight excluding hydrogens is 388 g/mol. The van der Waals surface area contributed by atoms with E-state index in [2.05, 4.69) is 5.32 Å². The molecule has 2 heterocycles. The average molecular weight is 407 g/mol. The van der Waals surface area contributed by atoms with Crippen LogP contribution >= 0.6 is 22.9 Å². The van der Waals surface area contributed by atoms with Crippen molar-refractivity contribution in [2.45, 2.75) is 18.9 Å². The number of hydrogen-bond acceptors (Lipinski definition) is 5. The maximum atomic E-state index is 12.7. The van der Waals surface area contributed by atoms with Gasteiger partial charge in [-0.2, -0.15) is 0 Å². The van der Waals surface area contributed by atoms with Crippen molar-refractivity contribution in [3.63, 3.8) is 0 Å².